The molecule has 2 aliphatic rings. The van der Waals surface area contributed by atoms with Gasteiger partial charge in [0, 0.05) is 25.3 Å². The van der Waals surface area contributed by atoms with E-state index in [0.717, 1.165) is 26.1 Å². The number of aryl methyl sites for hydroxylation is 1. The quantitative estimate of drug-likeness (QED) is 0.878. The van der Waals surface area contributed by atoms with E-state index in [4.69, 9.17) is 4.74 Å². The Morgan fingerprint density at radius 3 is 2.68 bits per heavy atom. The molecule has 2 nitrogen and oxygen atoms in total. The van der Waals surface area contributed by atoms with Crippen LogP contribution in [-0.4, -0.2) is 19.3 Å². The van der Waals surface area contributed by atoms with E-state index in [-0.39, 0.29) is 0 Å². The molecular formula is C17H25NO. The second kappa shape index (κ2) is 5.26. The molecular weight excluding hydrogens is 234 g/mol. The molecule has 0 aromatic heterocycles. The Morgan fingerprint density at radius 2 is 1.89 bits per heavy atom. The van der Waals surface area contributed by atoms with Crippen LogP contribution in [0.1, 0.15) is 50.3 Å². The number of ether oxygens (including phenoxy) is 1. The van der Waals surface area contributed by atoms with Crippen LogP contribution in [-0.2, 0) is 11.2 Å². The van der Waals surface area contributed by atoms with Crippen LogP contribution in [0.25, 0.3) is 0 Å². The number of hydrogen-bond donors (Lipinski definition) is 1. The van der Waals surface area contributed by atoms with Gasteiger partial charge in [0.05, 0.1) is 0 Å². The molecule has 1 aliphatic heterocycles. The fourth-order valence-electron chi connectivity index (χ4n) is 3.48. The fourth-order valence-corrected chi connectivity index (χ4v) is 3.48. The van der Waals surface area contributed by atoms with Crippen molar-refractivity contribution >= 4 is 0 Å². The standard InChI is InChI=1S/C17H25NO/c1-17(2)10-7-13-5-3-4-6-15(13)16(17)18-14-8-11-19-12-9-14/h3-6,14,16,18H,7-12H2,1-2H3. The maximum Gasteiger partial charge on any atom is 0.0480 e. The van der Waals surface area contributed by atoms with E-state index in [1.807, 2.05) is 0 Å². The van der Waals surface area contributed by atoms with Crippen LogP contribution in [0.5, 0.6) is 0 Å². The highest BCUT2D eigenvalue weighted by atomic mass is 16.5. The third-order valence-electron chi connectivity index (χ3n) is 4.81. The predicted molar refractivity (Wildman–Crippen MR) is 78.3 cm³/mol. The van der Waals surface area contributed by atoms with E-state index in [2.05, 4.69) is 43.4 Å². The first kappa shape index (κ1) is 13.1. The van der Waals surface area contributed by atoms with Crippen molar-refractivity contribution in [2.75, 3.05) is 13.2 Å². The molecule has 0 spiro atoms. The predicted octanol–water partition coefficient (Wildman–Crippen LogP) is 3.47. The lowest BCUT2D eigenvalue weighted by atomic mass is 9.70. The minimum Gasteiger partial charge on any atom is -0.381 e. The van der Waals surface area contributed by atoms with Crippen LogP contribution in [0.15, 0.2) is 24.3 Å². The van der Waals surface area contributed by atoms with Gasteiger partial charge in [-0.15, -0.1) is 0 Å². The molecule has 0 radical (unpaired) electrons. The second-order valence-corrected chi connectivity index (χ2v) is 6.67. The summed E-state index contributed by atoms with van der Waals surface area (Å²) in [4.78, 5) is 0. The summed E-state index contributed by atoms with van der Waals surface area (Å²) in [5, 5.41) is 3.92. The number of fused-ring (bicyclic) bond motifs is 1. The molecule has 1 aromatic carbocycles. The molecule has 1 heterocycles. The van der Waals surface area contributed by atoms with Crippen molar-refractivity contribution in [1.29, 1.82) is 0 Å². The summed E-state index contributed by atoms with van der Waals surface area (Å²) in [6.45, 7) is 6.62. The number of hydrogen-bond acceptors (Lipinski definition) is 2. The highest BCUT2D eigenvalue weighted by Gasteiger charge is 2.36. The van der Waals surface area contributed by atoms with Gasteiger partial charge in [0.25, 0.3) is 0 Å². The third kappa shape index (κ3) is 2.70. The first-order chi connectivity index (χ1) is 9.17. The molecule has 1 N–H and O–H groups in total. The van der Waals surface area contributed by atoms with Gasteiger partial charge >= 0.3 is 0 Å². The van der Waals surface area contributed by atoms with Gasteiger partial charge in [-0.05, 0) is 42.2 Å². The smallest absolute Gasteiger partial charge is 0.0480 e. The van der Waals surface area contributed by atoms with Crippen molar-refractivity contribution in [3.63, 3.8) is 0 Å². The Bertz CT molecular complexity index is 435. The zero-order valence-electron chi connectivity index (χ0n) is 12.1. The van der Waals surface area contributed by atoms with Gasteiger partial charge in [-0.25, -0.2) is 0 Å². The summed E-state index contributed by atoms with van der Waals surface area (Å²) in [6, 6.07) is 10.1. The lowest BCUT2D eigenvalue weighted by Crippen LogP contribution is -2.45. The Hall–Kier alpha value is -0.860. The number of rotatable bonds is 2. The Kier molecular flexibility index (Phi) is 3.64. The highest BCUT2D eigenvalue weighted by Crippen LogP contribution is 2.43. The monoisotopic (exact) mass is 259 g/mol. The summed E-state index contributed by atoms with van der Waals surface area (Å²) in [7, 11) is 0. The van der Waals surface area contributed by atoms with Gasteiger partial charge in [-0.2, -0.15) is 0 Å². The summed E-state index contributed by atoms with van der Waals surface area (Å²) >= 11 is 0. The van der Waals surface area contributed by atoms with Crippen molar-refractivity contribution in [2.24, 2.45) is 5.41 Å². The molecule has 2 heteroatoms. The molecule has 104 valence electrons. The van der Waals surface area contributed by atoms with E-state index in [0.29, 0.717) is 17.5 Å². The molecule has 19 heavy (non-hydrogen) atoms. The normalized spacial score (nSPS) is 26.9. The average Bonchev–Trinajstić information content (AvgIpc) is 2.43. The van der Waals surface area contributed by atoms with Crippen LogP contribution in [0.3, 0.4) is 0 Å². The first-order valence-electron chi connectivity index (χ1n) is 7.58. The highest BCUT2D eigenvalue weighted by molar-refractivity contribution is 5.34. The van der Waals surface area contributed by atoms with E-state index >= 15 is 0 Å². The summed E-state index contributed by atoms with van der Waals surface area (Å²) in [5.41, 5.74) is 3.39. The van der Waals surface area contributed by atoms with Gasteiger partial charge in [0.15, 0.2) is 0 Å². The topological polar surface area (TPSA) is 21.3 Å². The SMILES string of the molecule is CC1(C)CCc2ccccc2C1NC1CCOCC1. The van der Waals surface area contributed by atoms with Crippen LogP contribution in [0.4, 0.5) is 0 Å². The summed E-state index contributed by atoms with van der Waals surface area (Å²) in [5.74, 6) is 0. The molecule has 1 saturated heterocycles. The van der Waals surface area contributed by atoms with Gasteiger partial charge < -0.3 is 10.1 Å². The minimum absolute atomic E-state index is 0.340. The molecule has 0 saturated carbocycles. The zero-order chi connectivity index (χ0) is 13.3. The zero-order valence-corrected chi connectivity index (χ0v) is 12.1. The van der Waals surface area contributed by atoms with Gasteiger partial charge in [0.2, 0.25) is 0 Å². The Balaban J connectivity index is 1.84. The summed E-state index contributed by atoms with van der Waals surface area (Å²) < 4.78 is 5.47. The summed E-state index contributed by atoms with van der Waals surface area (Å²) in [6.07, 6.45) is 4.78. The maximum absolute atomic E-state index is 5.47. The molecule has 0 bridgehead atoms. The molecule has 1 unspecified atom stereocenters. The largest absolute Gasteiger partial charge is 0.381 e. The van der Waals surface area contributed by atoms with Gasteiger partial charge in [-0.3, -0.25) is 0 Å². The molecule has 1 aliphatic carbocycles. The molecule has 1 atom stereocenters. The van der Waals surface area contributed by atoms with Gasteiger partial charge in [0.1, 0.15) is 0 Å². The lowest BCUT2D eigenvalue weighted by molar-refractivity contribution is 0.0652. The van der Waals surface area contributed by atoms with E-state index in [9.17, 15) is 0 Å². The molecule has 1 fully saturated rings. The second-order valence-electron chi connectivity index (χ2n) is 6.67. The van der Waals surface area contributed by atoms with Crippen molar-refractivity contribution in [3.8, 4) is 0 Å². The van der Waals surface area contributed by atoms with Crippen molar-refractivity contribution in [1.82, 2.24) is 5.32 Å². The minimum atomic E-state index is 0.340. The van der Waals surface area contributed by atoms with Crippen molar-refractivity contribution < 1.29 is 4.74 Å². The van der Waals surface area contributed by atoms with Crippen LogP contribution in [0.2, 0.25) is 0 Å². The van der Waals surface area contributed by atoms with Crippen LogP contribution in [0, 0.1) is 5.41 Å². The molecule has 0 amide bonds. The average molecular weight is 259 g/mol. The fraction of sp³-hybridized carbons (Fsp3) is 0.647. The lowest BCUT2D eigenvalue weighted by Gasteiger charge is -2.43. The van der Waals surface area contributed by atoms with E-state index in [1.54, 1.807) is 0 Å². The Morgan fingerprint density at radius 1 is 1.16 bits per heavy atom. The van der Waals surface area contributed by atoms with Crippen molar-refractivity contribution in [2.45, 2.75) is 51.6 Å². The van der Waals surface area contributed by atoms with Crippen molar-refractivity contribution in [3.05, 3.63) is 35.4 Å². The van der Waals surface area contributed by atoms with Crippen LogP contribution < -0.4 is 5.32 Å². The van der Waals surface area contributed by atoms with E-state index < -0.39 is 0 Å². The van der Waals surface area contributed by atoms with Crippen LogP contribution >= 0.6 is 0 Å². The molecule has 1 aromatic rings. The Labute approximate surface area is 116 Å². The van der Waals surface area contributed by atoms with Gasteiger partial charge in [-0.1, -0.05) is 38.1 Å². The number of nitrogens with one attached hydrogen (secondary N) is 1. The first-order valence-corrected chi connectivity index (χ1v) is 7.58. The molecule has 3 rings (SSSR count). The third-order valence-corrected chi connectivity index (χ3v) is 4.81. The maximum atomic E-state index is 5.47. The van der Waals surface area contributed by atoms with E-state index in [1.165, 1.54) is 24.0 Å². The number of benzene rings is 1.